The molecule has 0 saturated carbocycles. The number of benzene rings is 2. The van der Waals surface area contributed by atoms with Crippen molar-refractivity contribution in [1.29, 1.82) is 0 Å². The van der Waals surface area contributed by atoms with Gasteiger partial charge in [-0.25, -0.2) is 4.68 Å². The van der Waals surface area contributed by atoms with E-state index >= 15 is 0 Å². The fraction of sp³-hybridized carbons (Fsp3) is 0.158. The maximum atomic E-state index is 6.45. The second-order valence-corrected chi connectivity index (χ2v) is 7.67. The molecule has 0 fully saturated rings. The highest BCUT2D eigenvalue weighted by molar-refractivity contribution is 7.98. The standard InChI is InChI=1S/C19H16Cl2N6S/c1-2-26-24-18(23-25-26)14-11-22-27(16-10-6-9-15(20)17(16)21)19(14)28-12-13-7-4-3-5-8-13/h3-11H,2,12H2,1H3. The van der Waals surface area contributed by atoms with Crippen molar-refractivity contribution in [1.82, 2.24) is 30.0 Å². The molecular formula is C19H16Cl2N6S. The zero-order chi connectivity index (χ0) is 19.5. The van der Waals surface area contributed by atoms with Crippen LogP contribution in [0.15, 0.2) is 59.8 Å². The third kappa shape index (κ3) is 3.78. The SMILES string of the molecule is CCn1nnc(-c2cnn(-c3cccc(Cl)c3Cl)c2SCc2ccccc2)n1. The minimum absolute atomic E-state index is 0.450. The Morgan fingerprint density at radius 3 is 2.61 bits per heavy atom. The smallest absolute Gasteiger partial charge is 0.209 e. The Labute approximate surface area is 176 Å². The van der Waals surface area contributed by atoms with Gasteiger partial charge in [-0.1, -0.05) is 59.6 Å². The van der Waals surface area contributed by atoms with Crippen LogP contribution in [0.2, 0.25) is 10.0 Å². The van der Waals surface area contributed by atoms with Gasteiger partial charge in [0.15, 0.2) is 0 Å². The number of aryl methyl sites for hydroxylation is 1. The van der Waals surface area contributed by atoms with Crippen LogP contribution in [0.5, 0.6) is 0 Å². The first-order valence-electron chi connectivity index (χ1n) is 8.64. The number of rotatable bonds is 6. The number of aromatic nitrogens is 6. The van der Waals surface area contributed by atoms with Crippen molar-refractivity contribution in [2.24, 2.45) is 0 Å². The number of tetrazole rings is 1. The van der Waals surface area contributed by atoms with Gasteiger partial charge in [0.2, 0.25) is 5.82 Å². The van der Waals surface area contributed by atoms with Crippen LogP contribution in [0, 0.1) is 0 Å². The van der Waals surface area contributed by atoms with Crippen molar-refractivity contribution in [3.63, 3.8) is 0 Å². The van der Waals surface area contributed by atoms with E-state index in [1.165, 1.54) is 5.56 Å². The lowest BCUT2D eigenvalue weighted by Crippen LogP contribution is -2.00. The fourth-order valence-electron chi connectivity index (χ4n) is 2.67. The zero-order valence-electron chi connectivity index (χ0n) is 15.0. The Morgan fingerprint density at radius 1 is 1.04 bits per heavy atom. The molecule has 28 heavy (non-hydrogen) atoms. The van der Waals surface area contributed by atoms with E-state index in [1.54, 1.807) is 33.5 Å². The molecule has 2 aromatic heterocycles. The highest BCUT2D eigenvalue weighted by Gasteiger charge is 2.20. The predicted octanol–water partition coefficient (Wildman–Crippen LogP) is 5.14. The monoisotopic (exact) mass is 430 g/mol. The average molecular weight is 431 g/mol. The van der Waals surface area contributed by atoms with Gasteiger partial charge in [0.1, 0.15) is 5.03 Å². The van der Waals surface area contributed by atoms with Gasteiger partial charge in [-0.15, -0.1) is 22.0 Å². The predicted molar refractivity (Wildman–Crippen MR) is 112 cm³/mol. The number of thioether (sulfide) groups is 1. The molecule has 0 aliphatic rings. The molecule has 2 heterocycles. The van der Waals surface area contributed by atoms with Gasteiger partial charge >= 0.3 is 0 Å². The van der Waals surface area contributed by atoms with Crippen LogP contribution in [0.25, 0.3) is 17.1 Å². The lowest BCUT2D eigenvalue weighted by atomic mass is 10.2. The quantitative estimate of drug-likeness (QED) is 0.396. The Bertz CT molecular complexity index is 1090. The van der Waals surface area contributed by atoms with E-state index < -0.39 is 0 Å². The zero-order valence-corrected chi connectivity index (χ0v) is 17.3. The summed E-state index contributed by atoms with van der Waals surface area (Å²) in [6.07, 6.45) is 1.74. The maximum Gasteiger partial charge on any atom is 0.209 e. The topological polar surface area (TPSA) is 61.4 Å². The van der Waals surface area contributed by atoms with Crippen molar-refractivity contribution in [2.45, 2.75) is 24.2 Å². The second kappa shape index (κ2) is 8.34. The molecule has 142 valence electrons. The molecule has 0 aliphatic carbocycles. The van der Waals surface area contributed by atoms with Crippen LogP contribution < -0.4 is 0 Å². The van der Waals surface area contributed by atoms with Gasteiger partial charge in [0.25, 0.3) is 0 Å². The third-order valence-corrected chi connectivity index (χ3v) is 6.03. The molecule has 6 nitrogen and oxygen atoms in total. The summed E-state index contributed by atoms with van der Waals surface area (Å²) in [5.74, 6) is 1.29. The first-order chi connectivity index (χ1) is 13.7. The van der Waals surface area contributed by atoms with Crippen molar-refractivity contribution in [2.75, 3.05) is 0 Å². The van der Waals surface area contributed by atoms with E-state index in [-0.39, 0.29) is 0 Å². The van der Waals surface area contributed by atoms with Gasteiger partial charge in [0.05, 0.1) is 34.0 Å². The lowest BCUT2D eigenvalue weighted by molar-refractivity contribution is 0.552. The molecule has 0 atom stereocenters. The van der Waals surface area contributed by atoms with Crippen LogP contribution in [0.3, 0.4) is 0 Å². The normalized spacial score (nSPS) is 11.1. The molecule has 0 aliphatic heterocycles. The molecule has 0 bridgehead atoms. The molecule has 2 aromatic carbocycles. The summed E-state index contributed by atoms with van der Waals surface area (Å²) in [4.78, 5) is 1.55. The molecule has 0 spiro atoms. The first kappa shape index (κ1) is 19.0. The van der Waals surface area contributed by atoms with Crippen LogP contribution in [-0.4, -0.2) is 30.0 Å². The summed E-state index contributed by atoms with van der Waals surface area (Å²) in [7, 11) is 0. The Morgan fingerprint density at radius 2 is 1.86 bits per heavy atom. The third-order valence-electron chi connectivity index (χ3n) is 4.08. The van der Waals surface area contributed by atoms with E-state index in [2.05, 4.69) is 32.6 Å². The van der Waals surface area contributed by atoms with Gasteiger partial charge in [-0.2, -0.15) is 9.90 Å². The van der Waals surface area contributed by atoms with Crippen molar-refractivity contribution >= 4 is 35.0 Å². The Kier molecular flexibility index (Phi) is 5.66. The summed E-state index contributed by atoms with van der Waals surface area (Å²) < 4.78 is 1.78. The summed E-state index contributed by atoms with van der Waals surface area (Å²) in [6, 6.07) is 15.7. The summed E-state index contributed by atoms with van der Waals surface area (Å²) in [5, 5.41) is 19.0. The van der Waals surface area contributed by atoms with Crippen molar-refractivity contribution < 1.29 is 0 Å². The highest BCUT2D eigenvalue weighted by Crippen LogP contribution is 2.36. The summed E-state index contributed by atoms with van der Waals surface area (Å²) in [6.45, 7) is 2.61. The number of hydrogen-bond donors (Lipinski definition) is 0. The van der Waals surface area contributed by atoms with E-state index in [1.807, 2.05) is 37.3 Å². The largest absolute Gasteiger partial charge is 0.225 e. The number of hydrogen-bond acceptors (Lipinski definition) is 5. The number of nitrogens with zero attached hydrogens (tertiary/aromatic N) is 6. The number of halogens is 2. The molecule has 0 N–H and O–H groups in total. The van der Waals surface area contributed by atoms with Crippen molar-refractivity contribution in [3.8, 4) is 17.1 Å². The molecule has 0 saturated heterocycles. The van der Waals surface area contributed by atoms with Gasteiger partial charge < -0.3 is 0 Å². The average Bonchev–Trinajstić information content (AvgIpc) is 3.36. The Balaban J connectivity index is 1.78. The van der Waals surface area contributed by atoms with Gasteiger partial charge in [0, 0.05) is 5.75 Å². The van der Waals surface area contributed by atoms with Crippen molar-refractivity contribution in [3.05, 3.63) is 70.3 Å². The van der Waals surface area contributed by atoms with E-state index in [9.17, 15) is 0 Å². The van der Waals surface area contributed by atoms with Crippen LogP contribution in [0.4, 0.5) is 0 Å². The molecule has 0 radical (unpaired) electrons. The van der Waals surface area contributed by atoms with E-state index in [0.717, 1.165) is 16.3 Å². The highest BCUT2D eigenvalue weighted by atomic mass is 35.5. The minimum atomic E-state index is 0.450. The lowest BCUT2D eigenvalue weighted by Gasteiger charge is -2.11. The molecule has 4 aromatic rings. The van der Waals surface area contributed by atoms with E-state index in [0.29, 0.717) is 28.1 Å². The molecule has 0 unspecified atom stereocenters. The maximum absolute atomic E-state index is 6.45. The summed E-state index contributed by atoms with van der Waals surface area (Å²) >= 11 is 14.3. The Hall–Kier alpha value is -2.35. The van der Waals surface area contributed by atoms with Crippen LogP contribution >= 0.6 is 35.0 Å². The molecule has 4 rings (SSSR count). The van der Waals surface area contributed by atoms with E-state index in [4.69, 9.17) is 23.2 Å². The molecule has 9 heteroatoms. The van der Waals surface area contributed by atoms with Gasteiger partial charge in [-0.3, -0.25) is 0 Å². The molecular weight excluding hydrogens is 415 g/mol. The first-order valence-corrected chi connectivity index (χ1v) is 10.4. The van der Waals surface area contributed by atoms with Crippen LogP contribution in [-0.2, 0) is 12.3 Å². The molecule has 0 amide bonds. The fourth-order valence-corrected chi connectivity index (χ4v) is 4.11. The minimum Gasteiger partial charge on any atom is -0.225 e. The van der Waals surface area contributed by atoms with Gasteiger partial charge in [-0.05, 0) is 29.8 Å². The van der Waals surface area contributed by atoms with Crippen LogP contribution in [0.1, 0.15) is 12.5 Å². The second-order valence-electron chi connectivity index (χ2n) is 5.92. The summed E-state index contributed by atoms with van der Waals surface area (Å²) in [5.41, 5.74) is 2.71.